The van der Waals surface area contributed by atoms with Crippen LogP contribution in [0.4, 0.5) is 0 Å². The average Bonchev–Trinajstić information content (AvgIpc) is 2.29. The molecule has 0 bridgehead atoms. The van der Waals surface area contributed by atoms with Crippen LogP contribution in [0.1, 0.15) is 39.0 Å². The first-order valence-corrected chi connectivity index (χ1v) is 6.14. The molecule has 4 nitrogen and oxygen atoms in total. The smallest absolute Gasteiger partial charge is 0.309 e. The molecule has 0 amide bonds. The van der Waals surface area contributed by atoms with Gasteiger partial charge < -0.3 is 14.9 Å². The Morgan fingerprint density at radius 1 is 1.44 bits per heavy atom. The van der Waals surface area contributed by atoms with Crippen LogP contribution >= 0.6 is 0 Å². The highest BCUT2D eigenvalue weighted by molar-refractivity contribution is 5.70. The number of aliphatic hydroxyl groups is 1. The topological polar surface area (TPSA) is 66.8 Å². The maximum absolute atomic E-state index is 11.1. The maximum Gasteiger partial charge on any atom is 0.309 e. The van der Waals surface area contributed by atoms with Crippen LogP contribution in [0.15, 0.2) is 0 Å². The quantitative estimate of drug-likeness (QED) is 0.681. The van der Waals surface area contributed by atoms with E-state index >= 15 is 0 Å². The fourth-order valence-electron chi connectivity index (χ4n) is 2.35. The lowest BCUT2D eigenvalue weighted by Crippen LogP contribution is -2.37. The summed E-state index contributed by atoms with van der Waals surface area (Å²) in [4.78, 5) is 11.1. The molecular formula is C12H22O4. The number of carboxylic acid groups (broad SMARTS) is 1. The molecule has 2 N–H and O–H groups in total. The first-order chi connectivity index (χ1) is 7.69. The SMILES string of the molecule is CCC1CCC(C(=O)O)C(OCCCO)C1. The zero-order chi connectivity index (χ0) is 12.0. The molecule has 0 saturated heterocycles. The summed E-state index contributed by atoms with van der Waals surface area (Å²) in [7, 11) is 0. The molecule has 0 radical (unpaired) electrons. The predicted octanol–water partition coefficient (Wildman–Crippen LogP) is 1.66. The summed E-state index contributed by atoms with van der Waals surface area (Å²) < 4.78 is 5.59. The van der Waals surface area contributed by atoms with Gasteiger partial charge in [0.1, 0.15) is 0 Å². The molecule has 0 aromatic carbocycles. The normalized spacial score (nSPS) is 30.2. The van der Waals surface area contributed by atoms with Crippen molar-refractivity contribution in [3.05, 3.63) is 0 Å². The van der Waals surface area contributed by atoms with Crippen molar-refractivity contribution >= 4 is 5.97 Å². The molecule has 1 aliphatic rings. The summed E-state index contributed by atoms with van der Waals surface area (Å²) >= 11 is 0. The van der Waals surface area contributed by atoms with Crippen molar-refractivity contribution in [1.29, 1.82) is 0 Å². The Morgan fingerprint density at radius 2 is 2.19 bits per heavy atom. The number of aliphatic carboxylic acids is 1. The fourth-order valence-corrected chi connectivity index (χ4v) is 2.35. The monoisotopic (exact) mass is 230 g/mol. The van der Waals surface area contributed by atoms with E-state index in [4.69, 9.17) is 14.9 Å². The van der Waals surface area contributed by atoms with Crippen LogP contribution in [0.25, 0.3) is 0 Å². The number of hydrogen-bond acceptors (Lipinski definition) is 3. The molecule has 3 atom stereocenters. The Kier molecular flexibility index (Phi) is 5.77. The number of ether oxygens (including phenoxy) is 1. The van der Waals surface area contributed by atoms with Crippen molar-refractivity contribution in [1.82, 2.24) is 0 Å². The lowest BCUT2D eigenvalue weighted by molar-refractivity contribution is -0.151. The molecule has 1 fully saturated rings. The van der Waals surface area contributed by atoms with Crippen molar-refractivity contribution in [2.24, 2.45) is 11.8 Å². The van der Waals surface area contributed by atoms with Crippen LogP contribution in [-0.2, 0) is 9.53 Å². The van der Waals surface area contributed by atoms with Gasteiger partial charge in [-0.25, -0.2) is 0 Å². The average molecular weight is 230 g/mol. The van der Waals surface area contributed by atoms with Gasteiger partial charge in [-0.1, -0.05) is 13.3 Å². The molecule has 1 aliphatic carbocycles. The summed E-state index contributed by atoms with van der Waals surface area (Å²) in [6.07, 6.45) is 4.07. The molecule has 0 aliphatic heterocycles. The standard InChI is InChI=1S/C12H22O4/c1-2-9-4-5-10(12(14)15)11(8-9)16-7-3-6-13/h9-11,13H,2-8H2,1H3,(H,14,15). The lowest BCUT2D eigenvalue weighted by Gasteiger charge is -2.33. The molecule has 1 saturated carbocycles. The second kappa shape index (κ2) is 6.86. The highest BCUT2D eigenvalue weighted by Crippen LogP contribution is 2.33. The van der Waals surface area contributed by atoms with E-state index in [1.54, 1.807) is 0 Å². The summed E-state index contributed by atoms with van der Waals surface area (Å²) in [5.41, 5.74) is 0. The van der Waals surface area contributed by atoms with Crippen molar-refractivity contribution in [3.63, 3.8) is 0 Å². The van der Waals surface area contributed by atoms with Crippen molar-refractivity contribution in [2.45, 2.75) is 45.1 Å². The highest BCUT2D eigenvalue weighted by atomic mass is 16.5. The minimum atomic E-state index is -0.747. The van der Waals surface area contributed by atoms with Crippen molar-refractivity contribution in [2.75, 3.05) is 13.2 Å². The summed E-state index contributed by atoms with van der Waals surface area (Å²) in [6.45, 7) is 2.69. The molecule has 16 heavy (non-hydrogen) atoms. The van der Waals surface area contributed by atoms with Crippen LogP contribution < -0.4 is 0 Å². The van der Waals surface area contributed by atoms with Gasteiger partial charge in [0.05, 0.1) is 12.0 Å². The van der Waals surface area contributed by atoms with Gasteiger partial charge in [-0.2, -0.15) is 0 Å². The molecule has 4 heteroatoms. The second-order valence-corrected chi connectivity index (χ2v) is 4.52. The number of rotatable bonds is 6. The van der Waals surface area contributed by atoms with Crippen molar-refractivity contribution < 1.29 is 19.7 Å². The fraction of sp³-hybridized carbons (Fsp3) is 0.917. The van der Waals surface area contributed by atoms with Crippen LogP contribution in [0.5, 0.6) is 0 Å². The Bertz CT molecular complexity index is 217. The first-order valence-electron chi connectivity index (χ1n) is 6.14. The van der Waals surface area contributed by atoms with E-state index in [0.29, 0.717) is 18.9 Å². The van der Waals surface area contributed by atoms with E-state index in [1.807, 2.05) is 0 Å². The third-order valence-electron chi connectivity index (χ3n) is 3.43. The van der Waals surface area contributed by atoms with Gasteiger partial charge in [-0.05, 0) is 31.6 Å². The Labute approximate surface area is 96.6 Å². The minimum absolute atomic E-state index is 0.0989. The van der Waals surface area contributed by atoms with E-state index in [-0.39, 0.29) is 18.6 Å². The van der Waals surface area contributed by atoms with Crippen LogP contribution in [-0.4, -0.2) is 35.5 Å². The zero-order valence-electron chi connectivity index (χ0n) is 9.89. The third-order valence-corrected chi connectivity index (χ3v) is 3.43. The molecule has 0 aromatic heterocycles. The van der Waals surface area contributed by atoms with E-state index < -0.39 is 5.97 Å². The van der Waals surface area contributed by atoms with Gasteiger partial charge in [0.2, 0.25) is 0 Å². The molecular weight excluding hydrogens is 208 g/mol. The molecule has 0 spiro atoms. The summed E-state index contributed by atoms with van der Waals surface area (Å²) in [5, 5.41) is 17.8. The Hall–Kier alpha value is -0.610. The number of hydrogen-bond donors (Lipinski definition) is 2. The maximum atomic E-state index is 11.1. The Morgan fingerprint density at radius 3 is 2.75 bits per heavy atom. The number of carboxylic acids is 1. The first kappa shape index (κ1) is 13.5. The van der Waals surface area contributed by atoms with Crippen molar-refractivity contribution in [3.8, 4) is 0 Å². The zero-order valence-corrected chi connectivity index (χ0v) is 9.89. The number of aliphatic hydroxyl groups excluding tert-OH is 1. The van der Waals surface area contributed by atoms with Crippen LogP contribution in [0.3, 0.4) is 0 Å². The minimum Gasteiger partial charge on any atom is -0.481 e. The molecule has 0 aromatic rings. The van der Waals surface area contributed by atoms with Gasteiger partial charge in [-0.3, -0.25) is 4.79 Å². The van der Waals surface area contributed by atoms with Gasteiger partial charge >= 0.3 is 5.97 Å². The van der Waals surface area contributed by atoms with Gasteiger partial charge in [0.25, 0.3) is 0 Å². The second-order valence-electron chi connectivity index (χ2n) is 4.52. The van der Waals surface area contributed by atoms with E-state index in [1.165, 1.54) is 0 Å². The highest BCUT2D eigenvalue weighted by Gasteiger charge is 2.34. The Balaban J connectivity index is 2.46. The number of carbonyl (C=O) groups is 1. The molecule has 94 valence electrons. The van der Waals surface area contributed by atoms with Gasteiger partial charge in [0, 0.05) is 13.2 Å². The van der Waals surface area contributed by atoms with E-state index in [9.17, 15) is 4.79 Å². The summed E-state index contributed by atoms with van der Waals surface area (Å²) in [5.74, 6) is -0.514. The summed E-state index contributed by atoms with van der Waals surface area (Å²) in [6, 6.07) is 0. The van der Waals surface area contributed by atoms with E-state index in [2.05, 4.69) is 6.92 Å². The molecule has 1 rings (SSSR count). The van der Waals surface area contributed by atoms with Crippen LogP contribution in [0, 0.1) is 11.8 Å². The third kappa shape index (κ3) is 3.76. The lowest BCUT2D eigenvalue weighted by atomic mass is 9.78. The predicted molar refractivity (Wildman–Crippen MR) is 60.2 cm³/mol. The molecule has 3 unspecified atom stereocenters. The largest absolute Gasteiger partial charge is 0.481 e. The van der Waals surface area contributed by atoms with Gasteiger partial charge in [-0.15, -0.1) is 0 Å². The van der Waals surface area contributed by atoms with Crippen LogP contribution in [0.2, 0.25) is 0 Å². The molecule has 0 heterocycles. The van der Waals surface area contributed by atoms with E-state index in [0.717, 1.165) is 25.7 Å². The van der Waals surface area contributed by atoms with Gasteiger partial charge in [0.15, 0.2) is 0 Å².